The molecule has 0 aliphatic heterocycles. The van der Waals surface area contributed by atoms with Crippen molar-refractivity contribution in [2.24, 2.45) is 0 Å². The standard InChI is InChI=1S/C14H23NO2S/c1-3-11-15-13(2)8-7-12-18(16,17)14-9-5-4-6-10-14/h4-6,9-10,13,15H,3,7-8,11-12H2,1-2H3. The van der Waals surface area contributed by atoms with Crippen LogP contribution >= 0.6 is 0 Å². The van der Waals surface area contributed by atoms with Gasteiger partial charge in [-0.15, -0.1) is 0 Å². The van der Waals surface area contributed by atoms with Crippen molar-refractivity contribution in [2.45, 2.75) is 44.0 Å². The van der Waals surface area contributed by atoms with Crippen LogP contribution in [0.3, 0.4) is 0 Å². The minimum Gasteiger partial charge on any atom is -0.314 e. The molecule has 0 bridgehead atoms. The molecule has 18 heavy (non-hydrogen) atoms. The van der Waals surface area contributed by atoms with Gasteiger partial charge in [0.2, 0.25) is 0 Å². The van der Waals surface area contributed by atoms with E-state index in [1.165, 1.54) is 0 Å². The monoisotopic (exact) mass is 269 g/mol. The van der Waals surface area contributed by atoms with Crippen LogP contribution in [0.25, 0.3) is 0 Å². The summed E-state index contributed by atoms with van der Waals surface area (Å²) in [5.41, 5.74) is 0. The van der Waals surface area contributed by atoms with Crippen LogP contribution in [-0.4, -0.2) is 26.8 Å². The van der Waals surface area contributed by atoms with Crippen LogP contribution in [0.15, 0.2) is 35.2 Å². The molecule has 1 unspecified atom stereocenters. The number of rotatable bonds is 8. The third-order valence-corrected chi connectivity index (χ3v) is 4.71. The predicted molar refractivity (Wildman–Crippen MR) is 75.5 cm³/mol. The summed E-state index contributed by atoms with van der Waals surface area (Å²) in [6.07, 6.45) is 2.70. The maximum atomic E-state index is 12.0. The number of hydrogen-bond donors (Lipinski definition) is 1. The van der Waals surface area contributed by atoms with Crippen LogP contribution in [0.4, 0.5) is 0 Å². The average molecular weight is 269 g/mol. The lowest BCUT2D eigenvalue weighted by Crippen LogP contribution is -2.27. The van der Waals surface area contributed by atoms with E-state index < -0.39 is 9.84 Å². The van der Waals surface area contributed by atoms with Gasteiger partial charge < -0.3 is 5.32 Å². The van der Waals surface area contributed by atoms with E-state index in [1.807, 2.05) is 6.07 Å². The van der Waals surface area contributed by atoms with Crippen molar-refractivity contribution >= 4 is 9.84 Å². The van der Waals surface area contributed by atoms with Crippen molar-refractivity contribution < 1.29 is 8.42 Å². The average Bonchev–Trinajstić information content (AvgIpc) is 2.37. The molecule has 1 atom stereocenters. The van der Waals surface area contributed by atoms with E-state index in [1.54, 1.807) is 24.3 Å². The second-order valence-electron chi connectivity index (χ2n) is 4.63. The summed E-state index contributed by atoms with van der Waals surface area (Å²) in [6.45, 7) is 5.22. The van der Waals surface area contributed by atoms with E-state index in [0.717, 1.165) is 19.4 Å². The van der Waals surface area contributed by atoms with Crippen molar-refractivity contribution in [1.82, 2.24) is 5.32 Å². The molecule has 0 radical (unpaired) electrons. The zero-order valence-corrected chi connectivity index (χ0v) is 12.0. The Bertz CT molecular complexity index is 428. The highest BCUT2D eigenvalue weighted by molar-refractivity contribution is 7.91. The fourth-order valence-corrected chi connectivity index (χ4v) is 3.17. The Balaban J connectivity index is 2.39. The number of nitrogens with one attached hydrogen (secondary N) is 1. The molecule has 0 aliphatic rings. The van der Waals surface area contributed by atoms with Crippen molar-refractivity contribution in [3.63, 3.8) is 0 Å². The molecule has 0 spiro atoms. The highest BCUT2D eigenvalue weighted by Crippen LogP contribution is 2.12. The summed E-state index contributed by atoms with van der Waals surface area (Å²) in [5.74, 6) is 0.231. The first kappa shape index (κ1) is 15.2. The number of hydrogen-bond acceptors (Lipinski definition) is 3. The second-order valence-corrected chi connectivity index (χ2v) is 6.74. The topological polar surface area (TPSA) is 46.2 Å². The first-order chi connectivity index (χ1) is 8.56. The third-order valence-electron chi connectivity index (χ3n) is 2.90. The summed E-state index contributed by atoms with van der Waals surface area (Å²) >= 11 is 0. The Morgan fingerprint density at radius 3 is 2.50 bits per heavy atom. The van der Waals surface area contributed by atoms with Gasteiger partial charge in [-0.1, -0.05) is 25.1 Å². The molecule has 102 valence electrons. The van der Waals surface area contributed by atoms with Crippen LogP contribution in [0.1, 0.15) is 33.1 Å². The Morgan fingerprint density at radius 2 is 1.89 bits per heavy atom. The summed E-state index contributed by atoms with van der Waals surface area (Å²) in [5, 5.41) is 3.36. The Morgan fingerprint density at radius 1 is 1.22 bits per heavy atom. The lowest BCUT2D eigenvalue weighted by atomic mass is 10.2. The quantitative estimate of drug-likeness (QED) is 0.789. The van der Waals surface area contributed by atoms with Gasteiger partial charge in [-0.05, 0) is 44.9 Å². The van der Waals surface area contributed by atoms with Crippen molar-refractivity contribution in [3.8, 4) is 0 Å². The van der Waals surface area contributed by atoms with E-state index in [-0.39, 0.29) is 5.75 Å². The lowest BCUT2D eigenvalue weighted by Gasteiger charge is -2.12. The van der Waals surface area contributed by atoms with Gasteiger partial charge in [-0.2, -0.15) is 0 Å². The lowest BCUT2D eigenvalue weighted by molar-refractivity contribution is 0.506. The highest BCUT2D eigenvalue weighted by atomic mass is 32.2. The van der Waals surface area contributed by atoms with Crippen LogP contribution in [0, 0.1) is 0 Å². The van der Waals surface area contributed by atoms with Crippen LogP contribution in [0.5, 0.6) is 0 Å². The zero-order chi connectivity index (χ0) is 13.4. The molecular formula is C14H23NO2S. The van der Waals surface area contributed by atoms with Gasteiger partial charge >= 0.3 is 0 Å². The fraction of sp³-hybridized carbons (Fsp3) is 0.571. The summed E-state index contributed by atoms with van der Waals surface area (Å²) < 4.78 is 24.0. The molecule has 1 aromatic rings. The van der Waals surface area contributed by atoms with E-state index in [4.69, 9.17) is 0 Å². The van der Waals surface area contributed by atoms with Crippen LogP contribution in [-0.2, 0) is 9.84 Å². The number of benzene rings is 1. The minimum atomic E-state index is -3.10. The molecule has 1 rings (SSSR count). The van der Waals surface area contributed by atoms with Gasteiger partial charge in [0.15, 0.2) is 9.84 Å². The Kier molecular flexibility index (Phi) is 6.36. The molecule has 0 amide bonds. The Labute approximate surface area is 111 Å². The molecule has 1 aromatic carbocycles. The second kappa shape index (κ2) is 7.54. The summed E-state index contributed by atoms with van der Waals surface area (Å²) in [6, 6.07) is 9.06. The zero-order valence-electron chi connectivity index (χ0n) is 11.2. The molecule has 0 fully saturated rings. The maximum absolute atomic E-state index is 12.0. The Hall–Kier alpha value is -0.870. The van der Waals surface area contributed by atoms with Crippen LogP contribution in [0.2, 0.25) is 0 Å². The highest BCUT2D eigenvalue weighted by Gasteiger charge is 2.13. The van der Waals surface area contributed by atoms with E-state index >= 15 is 0 Å². The molecule has 3 nitrogen and oxygen atoms in total. The predicted octanol–water partition coefficient (Wildman–Crippen LogP) is 2.63. The fourth-order valence-electron chi connectivity index (χ4n) is 1.82. The van der Waals surface area contributed by atoms with Gasteiger partial charge in [0.05, 0.1) is 10.6 Å². The van der Waals surface area contributed by atoms with Gasteiger partial charge in [0.1, 0.15) is 0 Å². The van der Waals surface area contributed by atoms with Crippen molar-refractivity contribution in [2.75, 3.05) is 12.3 Å². The summed E-state index contributed by atoms with van der Waals surface area (Å²) in [7, 11) is -3.10. The van der Waals surface area contributed by atoms with Gasteiger partial charge in [-0.3, -0.25) is 0 Å². The van der Waals surface area contributed by atoms with E-state index in [0.29, 0.717) is 17.4 Å². The third kappa shape index (κ3) is 5.19. The molecular weight excluding hydrogens is 246 g/mol. The van der Waals surface area contributed by atoms with Gasteiger partial charge in [-0.25, -0.2) is 8.42 Å². The van der Waals surface area contributed by atoms with E-state index in [2.05, 4.69) is 19.2 Å². The smallest absolute Gasteiger partial charge is 0.178 e. The first-order valence-corrected chi connectivity index (χ1v) is 8.22. The molecule has 0 aliphatic carbocycles. The summed E-state index contributed by atoms with van der Waals surface area (Å²) in [4.78, 5) is 0.430. The molecule has 0 saturated carbocycles. The first-order valence-electron chi connectivity index (χ1n) is 6.57. The molecule has 0 saturated heterocycles. The molecule has 0 aromatic heterocycles. The van der Waals surface area contributed by atoms with Gasteiger partial charge in [0, 0.05) is 6.04 Å². The van der Waals surface area contributed by atoms with Crippen molar-refractivity contribution in [3.05, 3.63) is 30.3 Å². The van der Waals surface area contributed by atoms with Crippen LogP contribution < -0.4 is 5.32 Å². The van der Waals surface area contributed by atoms with E-state index in [9.17, 15) is 8.42 Å². The minimum absolute atomic E-state index is 0.231. The largest absolute Gasteiger partial charge is 0.314 e. The normalized spacial score (nSPS) is 13.4. The molecule has 1 N–H and O–H groups in total. The van der Waals surface area contributed by atoms with Crippen molar-refractivity contribution in [1.29, 1.82) is 0 Å². The molecule has 4 heteroatoms. The molecule has 0 heterocycles. The van der Waals surface area contributed by atoms with Gasteiger partial charge in [0.25, 0.3) is 0 Å². The maximum Gasteiger partial charge on any atom is 0.178 e. The number of sulfone groups is 1. The SMILES string of the molecule is CCCNC(C)CCCS(=O)(=O)c1ccccc1.